The van der Waals surface area contributed by atoms with Crippen LogP contribution in [0.4, 0.5) is 5.69 Å². The van der Waals surface area contributed by atoms with Gasteiger partial charge in [0.15, 0.2) is 0 Å². The normalized spacial score (nSPS) is 21.0. The lowest BCUT2D eigenvalue weighted by Gasteiger charge is -2.36. The fourth-order valence-corrected chi connectivity index (χ4v) is 4.58. The summed E-state index contributed by atoms with van der Waals surface area (Å²) < 4.78 is 5.38. The highest BCUT2D eigenvalue weighted by Gasteiger charge is 2.43. The van der Waals surface area contributed by atoms with Crippen LogP contribution in [0.15, 0.2) is 64.8 Å². The number of nitrogens with zero attached hydrogens (tertiary/aromatic N) is 1. The lowest BCUT2D eigenvalue weighted by Crippen LogP contribution is -2.39. The summed E-state index contributed by atoms with van der Waals surface area (Å²) in [5.41, 5.74) is 4.81. The van der Waals surface area contributed by atoms with Crippen LogP contribution in [0, 0.1) is 12.8 Å². The molecular weight excluding hydrogens is 376 g/mol. The molecule has 1 N–H and O–H groups in total. The van der Waals surface area contributed by atoms with Crippen LogP contribution >= 0.6 is 0 Å². The first-order chi connectivity index (χ1) is 14.5. The number of hydrogen-bond donors (Lipinski definition) is 1. The van der Waals surface area contributed by atoms with E-state index in [2.05, 4.69) is 11.4 Å². The van der Waals surface area contributed by atoms with E-state index in [4.69, 9.17) is 9.73 Å². The standard InChI is InChI=1S/C25H26N2O3/c1-15-8-6-9-17(14-15)23-22(16(2)26-19-11-7-12-20(28)24(19)23)25(29)27-18-10-4-5-13-21(18)30-3/h4-6,8-10,13-14,23-24H,7,11-12H2,1-3H3,(H,27,29)/t23-,24?/m0/s1. The van der Waals surface area contributed by atoms with Gasteiger partial charge in [-0.3, -0.25) is 14.6 Å². The van der Waals surface area contributed by atoms with Crippen molar-refractivity contribution in [2.75, 3.05) is 12.4 Å². The average Bonchev–Trinajstić information content (AvgIpc) is 2.73. The molecular formula is C25H26N2O3. The summed E-state index contributed by atoms with van der Waals surface area (Å²) in [6, 6.07) is 15.4. The number of aryl methyl sites for hydroxylation is 1. The largest absolute Gasteiger partial charge is 0.495 e. The molecule has 0 aromatic heterocycles. The van der Waals surface area contributed by atoms with Gasteiger partial charge in [-0.15, -0.1) is 0 Å². The Morgan fingerprint density at radius 2 is 1.87 bits per heavy atom. The van der Waals surface area contributed by atoms with Gasteiger partial charge in [0.25, 0.3) is 5.91 Å². The third-order valence-electron chi connectivity index (χ3n) is 5.91. The second kappa shape index (κ2) is 8.27. The fourth-order valence-electron chi connectivity index (χ4n) is 4.58. The number of Topliss-reactive ketones (excluding diaryl/α,β-unsaturated/α-hetero) is 1. The molecule has 2 aliphatic rings. The summed E-state index contributed by atoms with van der Waals surface area (Å²) in [4.78, 5) is 31.2. The van der Waals surface area contributed by atoms with Gasteiger partial charge in [-0.05, 0) is 44.4 Å². The fraction of sp³-hybridized carbons (Fsp3) is 0.320. The van der Waals surface area contributed by atoms with Crippen molar-refractivity contribution in [3.05, 3.63) is 70.9 Å². The van der Waals surface area contributed by atoms with E-state index >= 15 is 0 Å². The van der Waals surface area contributed by atoms with E-state index in [0.29, 0.717) is 29.1 Å². The minimum absolute atomic E-state index is 0.168. The summed E-state index contributed by atoms with van der Waals surface area (Å²) in [5.74, 6) is -0.196. The number of amides is 1. The van der Waals surface area contributed by atoms with Crippen molar-refractivity contribution in [1.29, 1.82) is 0 Å². The van der Waals surface area contributed by atoms with E-state index in [0.717, 1.165) is 29.7 Å². The first kappa shape index (κ1) is 20.1. The molecule has 1 fully saturated rings. The minimum atomic E-state index is -0.373. The Hall–Kier alpha value is -3.21. The van der Waals surface area contributed by atoms with Crippen LogP contribution in [0.5, 0.6) is 5.75 Å². The number of fused-ring (bicyclic) bond motifs is 1. The van der Waals surface area contributed by atoms with Gasteiger partial charge in [0.1, 0.15) is 11.5 Å². The molecule has 5 heteroatoms. The lowest BCUT2D eigenvalue weighted by molar-refractivity contribution is -0.122. The van der Waals surface area contributed by atoms with Crippen LogP contribution in [0.2, 0.25) is 0 Å². The molecule has 0 radical (unpaired) electrons. The molecule has 2 aromatic carbocycles. The SMILES string of the molecule is COc1ccccc1NC(=O)C1=C(C)N=C2CCCC(=O)C2[C@H]1c1cccc(C)c1. The van der Waals surface area contributed by atoms with Crippen molar-refractivity contribution in [2.45, 2.75) is 39.0 Å². The number of methoxy groups -OCH3 is 1. The number of anilines is 1. The summed E-state index contributed by atoms with van der Waals surface area (Å²) >= 11 is 0. The number of aliphatic imine (C=N–C) groups is 1. The molecule has 0 bridgehead atoms. The van der Waals surface area contributed by atoms with Crippen molar-refractivity contribution in [3.63, 3.8) is 0 Å². The Bertz CT molecular complexity index is 1070. The predicted molar refractivity (Wildman–Crippen MR) is 118 cm³/mol. The second-order valence-electron chi connectivity index (χ2n) is 7.95. The van der Waals surface area contributed by atoms with Crippen LogP contribution in [0.25, 0.3) is 0 Å². The summed E-state index contributed by atoms with van der Waals surface area (Å²) in [5, 5.41) is 2.98. The zero-order valence-corrected chi connectivity index (χ0v) is 17.6. The predicted octanol–water partition coefficient (Wildman–Crippen LogP) is 4.82. The molecule has 5 nitrogen and oxygen atoms in total. The highest BCUT2D eigenvalue weighted by Crippen LogP contribution is 2.43. The first-order valence-corrected chi connectivity index (χ1v) is 10.3. The molecule has 0 saturated heterocycles. The Balaban J connectivity index is 1.80. The van der Waals surface area contributed by atoms with Crippen LogP contribution < -0.4 is 10.1 Å². The molecule has 1 amide bonds. The third-order valence-corrected chi connectivity index (χ3v) is 5.91. The van der Waals surface area contributed by atoms with E-state index in [1.165, 1.54) is 0 Å². The maximum Gasteiger partial charge on any atom is 0.254 e. The molecule has 154 valence electrons. The maximum atomic E-state index is 13.5. The maximum absolute atomic E-state index is 13.5. The van der Waals surface area contributed by atoms with Gasteiger partial charge in [-0.25, -0.2) is 0 Å². The van der Waals surface area contributed by atoms with E-state index in [1.54, 1.807) is 19.2 Å². The topological polar surface area (TPSA) is 67.8 Å². The minimum Gasteiger partial charge on any atom is -0.495 e. The number of rotatable bonds is 4. The van der Waals surface area contributed by atoms with E-state index < -0.39 is 0 Å². The molecule has 1 heterocycles. The molecule has 2 atom stereocenters. The van der Waals surface area contributed by atoms with E-state index in [1.807, 2.05) is 44.2 Å². The highest BCUT2D eigenvalue weighted by molar-refractivity contribution is 6.14. The lowest BCUT2D eigenvalue weighted by atomic mass is 9.69. The van der Waals surface area contributed by atoms with Crippen LogP contribution in [0.1, 0.15) is 43.2 Å². The Morgan fingerprint density at radius 1 is 1.07 bits per heavy atom. The zero-order valence-electron chi connectivity index (χ0n) is 17.6. The number of carbonyl (C=O) groups excluding carboxylic acids is 2. The number of nitrogens with one attached hydrogen (secondary N) is 1. The molecule has 4 rings (SSSR count). The Morgan fingerprint density at radius 3 is 2.63 bits per heavy atom. The number of ketones is 1. The van der Waals surface area contributed by atoms with Crippen molar-refractivity contribution in [2.24, 2.45) is 10.9 Å². The molecule has 1 unspecified atom stereocenters. The van der Waals surface area contributed by atoms with E-state index in [9.17, 15) is 9.59 Å². The van der Waals surface area contributed by atoms with Gasteiger partial charge in [0.2, 0.25) is 0 Å². The Labute approximate surface area is 176 Å². The smallest absolute Gasteiger partial charge is 0.254 e. The van der Waals surface area contributed by atoms with Gasteiger partial charge in [0.05, 0.1) is 18.7 Å². The van der Waals surface area contributed by atoms with Crippen LogP contribution in [0.3, 0.4) is 0 Å². The van der Waals surface area contributed by atoms with Gasteiger partial charge in [-0.1, -0.05) is 42.0 Å². The van der Waals surface area contributed by atoms with Gasteiger partial charge < -0.3 is 10.1 Å². The van der Waals surface area contributed by atoms with Crippen LogP contribution in [-0.2, 0) is 9.59 Å². The molecule has 1 aliphatic heterocycles. The van der Waals surface area contributed by atoms with Crippen molar-refractivity contribution in [3.8, 4) is 5.75 Å². The second-order valence-corrected chi connectivity index (χ2v) is 7.95. The summed E-state index contributed by atoms with van der Waals surface area (Å²) in [6.07, 6.45) is 2.16. The van der Waals surface area contributed by atoms with Gasteiger partial charge in [0, 0.05) is 29.3 Å². The van der Waals surface area contributed by atoms with Crippen LogP contribution in [-0.4, -0.2) is 24.5 Å². The van der Waals surface area contributed by atoms with Crippen molar-refractivity contribution >= 4 is 23.1 Å². The number of allylic oxidation sites excluding steroid dienone is 1. The van der Waals surface area contributed by atoms with Gasteiger partial charge >= 0.3 is 0 Å². The number of benzene rings is 2. The van der Waals surface area contributed by atoms with Crippen molar-refractivity contribution in [1.82, 2.24) is 0 Å². The highest BCUT2D eigenvalue weighted by atomic mass is 16.5. The third kappa shape index (κ3) is 3.67. The number of hydrogen-bond acceptors (Lipinski definition) is 4. The van der Waals surface area contributed by atoms with Crippen molar-refractivity contribution < 1.29 is 14.3 Å². The molecule has 0 spiro atoms. The average molecular weight is 402 g/mol. The molecule has 1 saturated carbocycles. The summed E-state index contributed by atoms with van der Waals surface area (Å²) in [6.45, 7) is 3.89. The van der Waals surface area contributed by atoms with E-state index in [-0.39, 0.29) is 23.5 Å². The number of para-hydroxylation sites is 2. The number of carbonyl (C=O) groups is 2. The molecule has 30 heavy (non-hydrogen) atoms. The molecule has 1 aliphatic carbocycles. The van der Waals surface area contributed by atoms with Gasteiger partial charge in [-0.2, -0.15) is 0 Å². The zero-order chi connectivity index (χ0) is 21.3. The quantitative estimate of drug-likeness (QED) is 0.797. The first-order valence-electron chi connectivity index (χ1n) is 10.3. The number of ether oxygens (including phenoxy) is 1. The molecule has 2 aromatic rings. The summed E-state index contributed by atoms with van der Waals surface area (Å²) in [7, 11) is 1.57. The Kier molecular flexibility index (Phi) is 5.53. The monoisotopic (exact) mass is 402 g/mol.